The standard InChI is InChI=1S/C10H7F2NO2S/c1-16-5-2-3-6-7(4-5)13-9(15)10(11,12)8(6)14/h2-4H,1H3,(H,13,15). The van der Waals surface area contributed by atoms with Crippen molar-refractivity contribution in [1.82, 2.24) is 0 Å². The Morgan fingerprint density at radius 2 is 2.00 bits per heavy atom. The van der Waals surface area contributed by atoms with E-state index in [0.717, 1.165) is 4.90 Å². The Hall–Kier alpha value is -1.43. The van der Waals surface area contributed by atoms with E-state index in [1.807, 2.05) is 11.6 Å². The molecule has 0 saturated carbocycles. The van der Waals surface area contributed by atoms with Gasteiger partial charge in [-0.15, -0.1) is 11.8 Å². The minimum atomic E-state index is -3.96. The Labute approximate surface area is 94.2 Å². The number of ketones is 1. The van der Waals surface area contributed by atoms with Gasteiger partial charge in [-0.1, -0.05) is 0 Å². The number of hydrogen-bond donors (Lipinski definition) is 1. The first-order chi connectivity index (χ1) is 7.46. The van der Waals surface area contributed by atoms with Crippen LogP contribution in [-0.2, 0) is 4.79 Å². The van der Waals surface area contributed by atoms with E-state index in [2.05, 4.69) is 0 Å². The number of thioether (sulfide) groups is 1. The lowest BCUT2D eigenvalue weighted by atomic mass is 9.99. The fourth-order valence-electron chi connectivity index (χ4n) is 1.42. The van der Waals surface area contributed by atoms with Gasteiger partial charge in [0.05, 0.1) is 5.69 Å². The first kappa shape index (κ1) is 11.1. The Morgan fingerprint density at radius 1 is 1.31 bits per heavy atom. The summed E-state index contributed by atoms with van der Waals surface area (Å²) in [4.78, 5) is 23.1. The summed E-state index contributed by atoms with van der Waals surface area (Å²) in [6.45, 7) is 0. The van der Waals surface area contributed by atoms with Crippen LogP contribution in [0.25, 0.3) is 0 Å². The summed E-state index contributed by atoms with van der Waals surface area (Å²) >= 11 is 1.39. The van der Waals surface area contributed by atoms with E-state index in [4.69, 9.17) is 0 Å². The largest absolute Gasteiger partial charge is 0.386 e. The van der Waals surface area contributed by atoms with Crippen LogP contribution in [0.1, 0.15) is 10.4 Å². The molecule has 84 valence electrons. The lowest BCUT2D eigenvalue weighted by molar-refractivity contribution is -0.134. The van der Waals surface area contributed by atoms with Crippen molar-refractivity contribution in [2.24, 2.45) is 0 Å². The molecule has 0 aromatic heterocycles. The summed E-state index contributed by atoms with van der Waals surface area (Å²) in [6.07, 6.45) is 1.81. The average molecular weight is 243 g/mol. The second-order valence-electron chi connectivity index (χ2n) is 3.27. The Bertz CT molecular complexity index is 488. The molecule has 1 amide bonds. The Balaban J connectivity index is 2.55. The molecule has 3 nitrogen and oxygen atoms in total. The van der Waals surface area contributed by atoms with Crippen molar-refractivity contribution < 1.29 is 18.4 Å². The maximum atomic E-state index is 13.1. The van der Waals surface area contributed by atoms with Crippen molar-refractivity contribution in [3.63, 3.8) is 0 Å². The SMILES string of the molecule is CSc1ccc2c(c1)NC(=O)C(F)(F)C2=O. The van der Waals surface area contributed by atoms with E-state index in [9.17, 15) is 18.4 Å². The highest BCUT2D eigenvalue weighted by Gasteiger charge is 2.51. The molecule has 0 aliphatic carbocycles. The van der Waals surface area contributed by atoms with E-state index >= 15 is 0 Å². The Morgan fingerprint density at radius 3 is 2.62 bits per heavy atom. The molecule has 0 atom stereocenters. The number of rotatable bonds is 1. The van der Waals surface area contributed by atoms with Crippen LogP contribution in [0.3, 0.4) is 0 Å². The molecule has 1 N–H and O–H groups in total. The van der Waals surface area contributed by atoms with Crippen LogP contribution in [0.4, 0.5) is 14.5 Å². The molecule has 1 aromatic carbocycles. The summed E-state index contributed by atoms with van der Waals surface area (Å²) in [6, 6.07) is 4.37. The number of alkyl halides is 2. The van der Waals surface area contributed by atoms with Gasteiger partial charge in [-0.2, -0.15) is 8.78 Å². The number of carbonyl (C=O) groups is 2. The third kappa shape index (κ3) is 1.49. The maximum absolute atomic E-state index is 13.1. The van der Waals surface area contributed by atoms with Gasteiger partial charge in [0.25, 0.3) is 0 Å². The van der Waals surface area contributed by atoms with Gasteiger partial charge >= 0.3 is 11.8 Å². The van der Waals surface area contributed by atoms with Crippen LogP contribution in [0, 0.1) is 0 Å². The molecule has 0 unspecified atom stereocenters. The van der Waals surface area contributed by atoms with Crippen LogP contribution in [-0.4, -0.2) is 23.9 Å². The fourth-order valence-corrected chi connectivity index (χ4v) is 1.86. The molecule has 0 saturated heterocycles. The van der Waals surface area contributed by atoms with Crippen LogP contribution in [0.15, 0.2) is 23.1 Å². The number of halogens is 2. The van der Waals surface area contributed by atoms with Gasteiger partial charge in [-0.3, -0.25) is 9.59 Å². The molecule has 0 fully saturated rings. The number of fused-ring (bicyclic) bond motifs is 1. The lowest BCUT2D eigenvalue weighted by Crippen LogP contribution is -2.46. The van der Waals surface area contributed by atoms with Crippen LogP contribution >= 0.6 is 11.8 Å². The lowest BCUT2D eigenvalue weighted by Gasteiger charge is -2.22. The first-order valence-electron chi connectivity index (χ1n) is 4.39. The summed E-state index contributed by atoms with van der Waals surface area (Å²) in [5.41, 5.74) is -0.00447. The second-order valence-corrected chi connectivity index (χ2v) is 4.15. The molecule has 1 aliphatic rings. The fraction of sp³-hybridized carbons (Fsp3) is 0.200. The van der Waals surface area contributed by atoms with Gasteiger partial charge < -0.3 is 5.32 Å². The predicted molar refractivity (Wildman–Crippen MR) is 56.1 cm³/mol. The molecule has 1 heterocycles. The van der Waals surface area contributed by atoms with Crippen LogP contribution in [0.2, 0.25) is 0 Å². The second kappa shape index (κ2) is 3.55. The molecule has 16 heavy (non-hydrogen) atoms. The molecular weight excluding hydrogens is 236 g/mol. The zero-order chi connectivity index (χ0) is 11.9. The quantitative estimate of drug-likeness (QED) is 0.607. The molecule has 0 radical (unpaired) electrons. The minimum Gasteiger partial charge on any atom is -0.320 e. The maximum Gasteiger partial charge on any atom is 0.386 e. The zero-order valence-electron chi connectivity index (χ0n) is 8.21. The van der Waals surface area contributed by atoms with E-state index in [-0.39, 0.29) is 11.3 Å². The summed E-state index contributed by atoms with van der Waals surface area (Å²) < 4.78 is 26.2. The topological polar surface area (TPSA) is 46.2 Å². The number of amides is 1. The highest BCUT2D eigenvalue weighted by molar-refractivity contribution is 7.98. The van der Waals surface area contributed by atoms with E-state index < -0.39 is 17.6 Å². The van der Waals surface area contributed by atoms with Crippen LogP contribution in [0.5, 0.6) is 0 Å². The van der Waals surface area contributed by atoms with Crippen molar-refractivity contribution in [2.45, 2.75) is 10.8 Å². The highest BCUT2D eigenvalue weighted by Crippen LogP contribution is 2.33. The summed E-state index contributed by atoms with van der Waals surface area (Å²) in [5, 5.41) is 2.03. The Kier molecular flexibility index (Phi) is 2.46. The van der Waals surface area contributed by atoms with Gasteiger partial charge in [-0.05, 0) is 24.5 Å². The predicted octanol–water partition coefficient (Wildman–Crippen LogP) is 2.18. The summed E-state index contributed by atoms with van der Waals surface area (Å²) in [5.74, 6) is -6.98. The van der Waals surface area contributed by atoms with E-state index in [1.54, 1.807) is 6.07 Å². The number of nitrogens with one attached hydrogen (secondary N) is 1. The van der Waals surface area contributed by atoms with Gasteiger partial charge in [0.1, 0.15) is 0 Å². The van der Waals surface area contributed by atoms with Gasteiger partial charge in [0.15, 0.2) is 0 Å². The molecule has 1 aromatic rings. The van der Waals surface area contributed by atoms with Gasteiger partial charge in [-0.25, -0.2) is 0 Å². The first-order valence-corrected chi connectivity index (χ1v) is 5.61. The number of carbonyl (C=O) groups excluding carboxylic acids is 2. The van der Waals surface area contributed by atoms with Crippen molar-refractivity contribution in [3.8, 4) is 0 Å². The van der Waals surface area contributed by atoms with E-state index in [1.165, 1.54) is 23.9 Å². The van der Waals surface area contributed by atoms with E-state index in [0.29, 0.717) is 0 Å². The molecule has 0 spiro atoms. The average Bonchev–Trinajstić information content (AvgIpc) is 2.26. The van der Waals surface area contributed by atoms with Gasteiger partial charge in [0.2, 0.25) is 5.78 Å². The highest BCUT2D eigenvalue weighted by atomic mass is 32.2. The third-order valence-electron chi connectivity index (χ3n) is 2.29. The number of benzene rings is 1. The number of anilines is 1. The number of Topliss-reactive ketones (excluding diaryl/α,β-unsaturated/α-hetero) is 1. The van der Waals surface area contributed by atoms with Crippen molar-refractivity contribution in [1.29, 1.82) is 0 Å². The smallest absolute Gasteiger partial charge is 0.320 e. The van der Waals surface area contributed by atoms with Gasteiger partial charge in [0, 0.05) is 10.5 Å². The van der Waals surface area contributed by atoms with Crippen molar-refractivity contribution in [3.05, 3.63) is 23.8 Å². The third-order valence-corrected chi connectivity index (χ3v) is 3.02. The molecule has 1 aliphatic heterocycles. The molecule has 2 rings (SSSR count). The normalized spacial score (nSPS) is 17.9. The molecular formula is C10H7F2NO2S. The molecule has 0 bridgehead atoms. The molecule has 6 heteroatoms. The van der Waals surface area contributed by atoms with Crippen LogP contribution < -0.4 is 5.32 Å². The monoisotopic (exact) mass is 243 g/mol. The van der Waals surface area contributed by atoms with Crippen molar-refractivity contribution >= 4 is 29.1 Å². The minimum absolute atomic E-state index is 0.146. The van der Waals surface area contributed by atoms with Crippen molar-refractivity contribution in [2.75, 3.05) is 11.6 Å². The number of hydrogen-bond acceptors (Lipinski definition) is 3. The zero-order valence-corrected chi connectivity index (χ0v) is 9.03. The summed E-state index contributed by atoms with van der Waals surface area (Å²) in [7, 11) is 0.